The minimum atomic E-state index is -0.868. The van der Waals surface area contributed by atoms with E-state index in [-0.39, 0.29) is 25.3 Å². The molecule has 2 aliphatic rings. The number of aliphatic hydroxyl groups excluding tert-OH is 1. The van der Waals surface area contributed by atoms with E-state index in [9.17, 15) is 24.3 Å². The van der Waals surface area contributed by atoms with Crippen molar-refractivity contribution in [3.05, 3.63) is 77.1 Å². The van der Waals surface area contributed by atoms with Gasteiger partial charge in [-0.25, -0.2) is 14.3 Å². The first-order valence-electron chi connectivity index (χ1n) is 12.1. The summed E-state index contributed by atoms with van der Waals surface area (Å²) in [7, 11) is 0. The van der Waals surface area contributed by atoms with Gasteiger partial charge >= 0.3 is 11.4 Å². The third-order valence-corrected chi connectivity index (χ3v) is 6.95. The van der Waals surface area contributed by atoms with Crippen molar-refractivity contribution < 1.29 is 14.6 Å². The van der Waals surface area contributed by atoms with E-state index in [1.54, 1.807) is 24.7 Å². The Morgan fingerprint density at radius 3 is 2.16 bits per heavy atom. The summed E-state index contributed by atoms with van der Waals surface area (Å²) in [5.74, 6) is 2.59. The lowest BCUT2D eigenvalue weighted by molar-refractivity contribution is -0.0202. The topological polar surface area (TPSA) is 179 Å². The fraction of sp³-hybridized carbons (Fsp3) is 0.500. The molecular formula is C24H27N7O7. The van der Waals surface area contributed by atoms with Crippen LogP contribution in [0, 0.1) is 26.2 Å². The first-order valence-corrected chi connectivity index (χ1v) is 12.1. The van der Waals surface area contributed by atoms with Gasteiger partial charge in [0.25, 0.3) is 11.1 Å². The number of ether oxygens (including phenoxy) is 2. The van der Waals surface area contributed by atoms with Crippen molar-refractivity contribution in [3.63, 3.8) is 0 Å². The second-order valence-electron chi connectivity index (χ2n) is 9.62. The number of aryl methyl sites for hydroxylation is 2. The van der Waals surface area contributed by atoms with Gasteiger partial charge < -0.3 is 14.6 Å². The SMILES string of the molecule is C#CC[C@H]1O[C@@H](n2cc(C)c(=O)[nH]c2=O)C[C@@H]1n1cc(C[C@H]2O[C@@H](n3cc(C)c(=O)[nH]c3=O)C[C@H]2O)nn1. The zero-order valence-corrected chi connectivity index (χ0v) is 20.7. The third kappa shape index (κ3) is 4.78. The van der Waals surface area contributed by atoms with E-state index < -0.39 is 53.3 Å². The first kappa shape index (κ1) is 25.6. The maximum absolute atomic E-state index is 12.4. The maximum Gasteiger partial charge on any atom is 0.330 e. The van der Waals surface area contributed by atoms with E-state index in [2.05, 4.69) is 26.2 Å². The summed E-state index contributed by atoms with van der Waals surface area (Å²) in [4.78, 5) is 52.5. The van der Waals surface area contributed by atoms with Gasteiger partial charge in [0.15, 0.2) is 0 Å². The molecule has 0 aliphatic carbocycles. The predicted molar refractivity (Wildman–Crippen MR) is 131 cm³/mol. The lowest BCUT2D eigenvalue weighted by Gasteiger charge is -2.16. The van der Waals surface area contributed by atoms with Crippen molar-refractivity contribution in [2.45, 2.75) is 76.3 Å². The van der Waals surface area contributed by atoms with E-state index in [0.717, 1.165) is 0 Å². The Hall–Kier alpha value is -4.06. The summed E-state index contributed by atoms with van der Waals surface area (Å²) in [6.07, 6.45) is 7.78. The molecule has 3 aromatic heterocycles. The molecule has 0 bridgehead atoms. The fourth-order valence-electron chi connectivity index (χ4n) is 4.91. The number of nitrogens with one attached hydrogen (secondary N) is 2. The molecule has 2 aliphatic heterocycles. The average molecular weight is 526 g/mol. The Morgan fingerprint density at radius 1 is 0.974 bits per heavy atom. The molecular weight excluding hydrogens is 498 g/mol. The van der Waals surface area contributed by atoms with Crippen LogP contribution in [0.25, 0.3) is 0 Å². The van der Waals surface area contributed by atoms with Crippen LogP contribution >= 0.6 is 0 Å². The van der Waals surface area contributed by atoms with Gasteiger partial charge in [-0.1, -0.05) is 5.21 Å². The van der Waals surface area contributed by atoms with Crippen LogP contribution in [0.15, 0.2) is 37.8 Å². The Balaban J connectivity index is 1.32. The normalized spacial score (nSPS) is 27.0. The molecule has 0 unspecified atom stereocenters. The summed E-state index contributed by atoms with van der Waals surface area (Å²) in [6.45, 7) is 3.18. The number of hydrogen-bond donors (Lipinski definition) is 3. The number of H-pyrrole nitrogens is 2. The molecule has 0 spiro atoms. The van der Waals surface area contributed by atoms with Crippen LogP contribution in [0.5, 0.6) is 0 Å². The average Bonchev–Trinajstić information content (AvgIpc) is 3.58. The smallest absolute Gasteiger partial charge is 0.330 e. The second kappa shape index (κ2) is 10.0. The lowest BCUT2D eigenvalue weighted by Crippen LogP contribution is -2.33. The summed E-state index contributed by atoms with van der Waals surface area (Å²) in [5, 5.41) is 19.0. The molecule has 0 aromatic carbocycles. The van der Waals surface area contributed by atoms with E-state index in [0.29, 0.717) is 23.2 Å². The molecule has 5 heterocycles. The summed E-state index contributed by atoms with van der Waals surface area (Å²) >= 11 is 0. The molecule has 3 aromatic rings. The van der Waals surface area contributed by atoms with E-state index in [4.69, 9.17) is 15.9 Å². The highest BCUT2D eigenvalue weighted by molar-refractivity contribution is 5.06. The molecule has 38 heavy (non-hydrogen) atoms. The number of aromatic amines is 2. The Labute approximate surface area is 214 Å². The van der Waals surface area contributed by atoms with Crippen molar-refractivity contribution in [1.82, 2.24) is 34.1 Å². The number of hydrogen-bond acceptors (Lipinski definition) is 9. The fourth-order valence-corrected chi connectivity index (χ4v) is 4.91. The second-order valence-corrected chi connectivity index (χ2v) is 9.62. The van der Waals surface area contributed by atoms with Gasteiger partial charge in [-0.15, -0.1) is 17.4 Å². The van der Waals surface area contributed by atoms with Crippen molar-refractivity contribution in [2.24, 2.45) is 0 Å². The van der Waals surface area contributed by atoms with Crippen LogP contribution < -0.4 is 22.5 Å². The van der Waals surface area contributed by atoms with Gasteiger partial charge in [0.05, 0.1) is 30.0 Å². The molecule has 0 radical (unpaired) electrons. The van der Waals surface area contributed by atoms with Crippen LogP contribution in [-0.2, 0) is 15.9 Å². The molecule has 0 amide bonds. The van der Waals surface area contributed by atoms with Crippen molar-refractivity contribution in [2.75, 3.05) is 0 Å². The summed E-state index contributed by atoms with van der Waals surface area (Å²) < 4.78 is 16.2. The van der Waals surface area contributed by atoms with Crippen LogP contribution in [0.3, 0.4) is 0 Å². The zero-order chi connectivity index (χ0) is 27.1. The molecule has 3 N–H and O–H groups in total. The summed E-state index contributed by atoms with van der Waals surface area (Å²) in [6, 6.07) is -0.332. The molecule has 2 saturated heterocycles. The highest BCUT2D eigenvalue weighted by Crippen LogP contribution is 2.37. The molecule has 0 saturated carbocycles. The highest BCUT2D eigenvalue weighted by atomic mass is 16.5. The van der Waals surface area contributed by atoms with Gasteiger partial charge in [0.2, 0.25) is 0 Å². The van der Waals surface area contributed by atoms with Gasteiger partial charge in [-0.3, -0.25) is 28.7 Å². The highest BCUT2D eigenvalue weighted by Gasteiger charge is 2.39. The molecule has 2 fully saturated rings. The zero-order valence-electron chi connectivity index (χ0n) is 20.7. The molecule has 5 rings (SSSR count). The Morgan fingerprint density at radius 2 is 1.55 bits per heavy atom. The maximum atomic E-state index is 12.4. The van der Waals surface area contributed by atoms with E-state index in [1.165, 1.54) is 21.5 Å². The van der Waals surface area contributed by atoms with E-state index in [1.807, 2.05) is 0 Å². The number of nitrogens with zero attached hydrogens (tertiary/aromatic N) is 5. The standard InChI is InChI=1S/C24H27N7O7/c1-4-5-17-15(7-19(37-17)29-9-12(2)21(33)25-23(29)35)31-11-14(27-28-31)6-18-16(32)8-20(38-18)30-10-13(3)22(34)26-24(30)36/h1,9-11,15-20,32H,5-8H2,2-3H3,(H,25,33,35)(H,26,34,36)/t15-,16+,17+,18+,19+,20+/m0/s1. The third-order valence-electron chi connectivity index (χ3n) is 6.95. The molecule has 6 atom stereocenters. The Bertz CT molecular complexity index is 1620. The lowest BCUT2D eigenvalue weighted by atomic mass is 10.1. The van der Waals surface area contributed by atoms with Crippen molar-refractivity contribution in [1.29, 1.82) is 0 Å². The minimum Gasteiger partial charge on any atom is -0.390 e. The number of terminal acetylenes is 1. The summed E-state index contributed by atoms with van der Waals surface area (Å²) in [5.41, 5.74) is -0.853. The predicted octanol–water partition coefficient (Wildman–Crippen LogP) is -0.962. The number of aromatic nitrogens is 7. The molecule has 14 nitrogen and oxygen atoms in total. The van der Waals surface area contributed by atoms with E-state index >= 15 is 0 Å². The first-order chi connectivity index (χ1) is 18.1. The van der Waals surface area contributed by atoms with Crippen LogP contribution in [0.4, 0.5) is 0 Å². The van der Waals surface area contributed by atoms with Gasteiger partial charge in [-0.05, 0) is 13.8 Å². The minimum absolute atomic E-state index is 0.167. The molecule has 200 valence electrons. The largest absolute Gasteiger partial charge is 0.390 e. The van der Waals surface area contributed by atoms with Crippen LogP contribution in [-0.4, -0.2) is 57.5 Å². The molecule has 14 heteroatoms. The van der Waals surface area contributed by atoms with Crippen molar-refractivity contribution in [3.8, 4) is 12.3 Å². The van der Waals surface area contributed by atoms with Crippen LogP contribution in [0.2, 0.25) is 0 Å². The number of aliphatic hydroxyl groups is 1. The number of rotatable bonds is 6. The van der Waals surface area contributed by atoms with Crippen LogP contribution in [0.1, 0.15) is 54.6 Å². The van der Waals surface area contributed by atoms with Gasteiger partial charge in [0.1, 0.15) is 12.5 Å². The van der Waals surface area contributed by atoms with Gasteiger partial charge in [0, 0.05) is 55.4 Å². The van der Waals surface area contributed by atoms with Crippen molar-refractivity contribution >= 4 is 0 Å². The van der Waals surface area contributed by atoms with Gasteiger partial charge in [-0.2, -0.15) is 0 Å². The quantitative estimate of drug-likeness (QED) is 0.342. The Kier molecular flexibility index (Phi) is 6.74. The monoisotopic (exact) mass is 525 g/mol.